The number of benzene rings is 1. The van der Waals surface area contributed by atoms with E-state index in [0.29, 0.717) is 11.6 Å². The van der Waals surface area contributed by atoms with E-state index in [-0.39, 0.29) is 17.3 Å². The molecule has 1 aromatic carbocycles. The van der Waals surface area contributed by atoms with Crippen LogP contribution in [0.5, 0.6) is 5.75 Å². The molecule has 0 N–H and O–H groups in total. The van der Waals surface area contributed by atoms with Crippen LogP contribution in [0.3, 0.4) is 0 Å². The van der Waals surface area contributed by atoms with Gasteiger partial charge >= 0.3 is 5.97 Å². The third kappa shape index (κ3) is 10.7. The Kier molecular flexibility index (Phi) is 14.2. The lowest BCUT2D eigenvalue weighted by Crippen LogP contribution is -2.31. The Morgan fingerprint density at radius 3 is 1.98 bits per heavy atom. The van der Waals surface area contributed by atoms with E-state index >= 15 is 0 Å². The fraction of sp³-hybridized carbons (Fsp3) is 0.657. The summed E-state index contributed by atoms with van der Waals surface area (Å²) < 4.78 is 5.73. The number of esters is 1. The molecule has 0 saturated heterocycles. The Hall–Kier alpha value is -2.74. The van der Waals surface area contributed by atoms with Gasteiger partial charge in [0.15, 0.2) is 5.82 Å². The van der Waals surface area contributed by atoms with Crippen LogP contribution in [0.15, 0.2) is 36.7 Å². The molecule has 0 unspecified atom stereocenters. The summed E-state index contributed by atoms with van der Waals surface area (Å²) in [4.78, 5) is 22.0. The Morgan fingerprint density at radius 1 is 0.850 bits per heavy atom. The van der Waals surface area contributed by atoms with Crippen LogP contribution in [-0.2, 0) is 11.2 Å². The van der Waals surface area contributed by atoms with E-state index < -0.39 is 0 Å². The van der Waals surface area contributed by atoms with Crippen molar-refractivity contribution in [3.63, 3.8) is 0 Å². The first kappa shape index (κ1) is 31.8. The predicted molar refractivity (Wildman–Crippen MR) is 163 cm³/mol. The van der Waals surface area contributed by atoms with Gasteiger partial charge in [-0.05, 0) is 74.8 Å². The zero-order valence-corrected chi connectivity index (χ0v) is 25.1. The molecule has 5 nitrogen and oxygen atoms in total. The summed E-state index contributed by atoms with van der Waals surface area (Å²) in [5, 5.41) is 9.91. The van der Waals surface area contributed by atoms with Crippen molar-refractivity contribution in [1.29, 1.82) is 5.26 Å². The lowest BCUT2D eigenvalue weighted by molar-refractivity contribution is -0.140. The van der Waals surface area contributed by atoms with E-state index in [2.05, 4.69) is 29.9 Å². The minimum absolute atomic E-state index is 0.127. The number of carbonyl (C=O) groups is 1. The molecule has 0 spiro atoms. The van der Waals surface area contributed by atoms with Crippen molar-refractivity contribution in [2.75, 3.05) is 0 Å². The molecule has 1 fully saturated rings. The topological polar surface area (TPSA) is 75.9 Å². The number of ether oxygens (including phenoxy) is 1. The van der Waals surface area contributed by atoms with Crippen molar-refractivity contribution in [1.82, 2.24) is 9.97 Å². The Morgan fingerprint density at radius 2 is 1.40 bits per heavy atom. The molecule has 40 heavy (non-hydrogen) atoms. The number of hydrogen-bond donors (Lipinski definition) is 0. The van der Waals surface area contributed by atoms with E-state index in [0.717, 1.165) is 50.5 Å². The first-order valence-corrected chi connectivity index (χ1v) is 16.1. The van der Waals surface area contributed by atoms with Crippen LogP contribution in [0.1, 0.15) is 135 Å². The smallest absolute Gasteiger partial charge is 0.314 e. The number of carbonyl (C=O) groups excluding carboxylic acids is 1. The van der Waals surface area contributed by atoms with E-state index in [1.54, 1.807) is 0 Å². The minimum atomic E-state index is -0.258. The van der Waals surface area contributed by atoms with Crippen molar-refractivity contribution in [3.05, 3.63) is 42.2 Å². The van der Waals surface area contributed by atoms with Crippen LogP contribution in [0.25, 0.3) is 11.4 Å². The van der Waals surface area contributed by atoms with E-state index in [1.165, 1.54) is 82.6 Å². The van der Waals surface area contributed by atoms with Gasteiger partial charge in [-0.1, -0.05) is 90.9 Å². The van der Waals surface area contributed by atoms with Gasteiger partial charge in [-0.3, -0.25) is 4.79 Å². The van der Waals surface area contributed by atoms with Gasteiger partial charge in [-0.2, -0.15) is 5.26 Å². The number of aromatic nitrogens is 2. The summed E-state index contributed by atoms with van der Waals surface area (Å²) in [7, 11) is 0. The quantitative estimate of drug-likeness (QED) is 0.106. The molecule has 0 bridgehead atoms. The first-order valence-electron chi connectivity index (χ1n) is 16.1. The summed E-state index contributed by atoms with van der Waals surface area (Å²) >= 11 is 0. The Bertz CT molecular complexity index is 1020. The highest BCUT2D eigenvalue weighted by Crippen LogP contribution is 2.43. The molecule has 1 aliphatic carbocycles. The van der Waals surface area contributed by atoms with Gasteiger partial charge in [0.05, 0.1) is 17.4 Å². The number of unbranched alkanes of at least 4 members (excludes halogenated alkanes) is 11. The summed E-state index contributed by atoms with van der Waals surface area (Å²) in [5.74, 6) is 0.933. The lowest BCUT2D eigenvalue weighted by Gasteiger charge is -2.34. The average Bonchev–Trinajstić information content (AvgIpc) is 2.99. The van der Waals surface area contributed by atoms with Gasteiger partial charge in [0.25, 0.3) is 0 Å². The molecule has 1 saturated carbocycles. The van der Waals surface area contributed by atoms with Gasteiger partial charge in [0.1, 0.15) is 5.75 Å². The van der Waals surface area contributed by atoms with E-state index in [1.807, 2.05) is 36.7 Å². The average molecular weight is 546 g/mol. The molecule has 1 heterocycles. The van der Waals surface area contributed by atoms with Crippen molar-refractivity contribution >= 4 is 5.97 Å². The summed E-state index contributed by atoms with van der Waals surface area (Å²) in [5.41, 5.74) is 1.83. The maximum atomic E-state index is 12.9. The molecular formula is C35H51N3O2. The third-order valence-corrected chi connectivity index (χ3v) is 8.63. The molecule has 0 radical (unpaired) electrons. The molecule has 3 rings (SSSR count). The molecule has 2 aromatic rings. The van der Waals surface area contributed by atoms with Crippen molar-refractivity contribution in [2.24, 2.45) is 11.3 Å². The molecule has 1 aromatic heterocycles. The van der Waals surface area contributed by atoms with Gasteiger partial charge in [0, 0.05) is 18.0 Å². The van der Waals surface area contributed by atoms with Gasteiger partial charge < -0.3 is 4.74 Å². The number of nitriles is 1. The van der Waals surface area contributed by atoms with Crippen molar-refractivity contribution in [3.8, 4) is 23.2 Å². The predicted octanol–water partition coefficient (Wildman–Crippen LogP) is 9.79. The second-order valence-electron chi connectivity index (χ2n) is 11.9. The van der Waals surface area contributed by atoms with Gasteiger partial charge in [-0.25, -0.2) is 9.97 Å². The normalized spacial score (nSPS) is 18.8. The number of hydrogen-bond acceptors (Lipinski definition) is 5. The maximum Gasteiger partial charge on any atom is 0.314 e. The molecule has 0 amide bonds. The highest BCUT2D eigenvalue weighted by Gasteiger charge is 2.38. The largest absolute Gasteiger partial charge is 0.426 e. The molecule has 1 aliphatic rings. The fourth-order valence-corrected chi connectivity index (χ4v) is 5.86. The highest BCUT2D eigenvalue weighted by molar-refractivity contribution is 5.75. The molecular weight excluding hydrogens is 494 g/mol. The van der Waals surface area contributed by atoms with Gasteiger partial charge in [-0.15, -0.1) is 0 Å². The maximum absolute atomic E-state index is 12.9. The third-order valence-electron chi connectivity index (χ3n) is 8.63. The summed E-state index contributed by atoms with van der Waals surface area (Å²) in [6.07, 6.45) is 25.4. The van der Waals surface area contributed by atoms with Crippen molar-refractivity contribution < 1.29 is 9.53 Å². The number of rotatable bonds is 18. The van der Waals surface area contributed by atoms with E-state index in [9.17, 15) is 10.1 Å². The Balaban J connectivity index is 1.39. The molecule has 0 atom stereocenters. The number of nitrogens with zero attached hydrogens (tertiary/aromatic N) is 3. The monoisotopic (exact) mass is 545 g/mol. The highest BCUT2D eigenvalue weighted by atomic mass is 16.5. The summed E-state index contributed by atoms with van der Waals surface area (Å²) in [6, 6.07) is 10.1. The van der Waals surface area contributed by atoms with Crippen LogP contribution >= 0.6 is 0 Å². The van der Waals surface area contributed by atoms with Crippen LogP contribution in [-0.4, -0.2) is 15.9 Å². The number of aryl methyl sites for hydroxylation is 1. The second kappa shape index (κ2) is 17.8. The molecule has 5 heteroatoms. The van der Waals surface area contributed by atoms with Crippen molar-refractivity contribution in [2.45, 2.75) is 136 Å². The fourth-order valence-electron chi connectivity index (χ4n) is 5.86. The van der Waals surface area contributed by atoms with Crippen LogP contribution in [0.4, 0.5) is 0 Å². The lowest BCUT2D eigenvalue weighted by atomic mass is 9.69. The minimum Gasteiger partial charge on any atom is -0.426 e. The van der Waals surface area contributed by atoms with Crippen LogP contribution < -0.4 is 4.74 Å². The standard InChI is InChI=1S/C35H51N3O2/c1-3-5-7-9-11-13-15-23-35(28-36)24-21-31(22-25-35)34(39)40-32-19-17-30(18-20-32)33-37-26-29(27-38-33)16-14-12-10-8-6-4-2/h17-20,26-27,31H,3-16,21-25H2,1-2H3/t31-,35-. The van der Waals surface area contributed by atoms with Crippen LogP contribution in [0, 0.1) is 22.7 Å². The zero-order chi connectivity index (χ0) is 28.5. The summed E-state index contributed by atoms with van der Waals surface area (Å²) in [6.45, 7) is 4.49. The van der Waals surface area contributed by atoms with Crippen LogP contribution in [0.2, 0.25) is 0 Å². The van der Waals surface area contributed by atoms with Gasteiger partial charge in [0.2, 0.25) is 0 Å². The van der Waals surface area contributed by atoms with E-state index in [4.69, 9.17) is 4.74 Å². The molecule has 218 valence electrons. The Labute approximate surface area is 243 Å². The SMILES string of the molecule is CCCCCCCCC[C@]1(C#N)CC[C@H](C(=O)Oc2ccc(-c3ncc(CCCCCCCC)cn3)cc2)CC1. The first-order chi connectivity index (χ1) is 19.6. The second-order valence-corrected chi connectivity index (χ2v) is 11.9. The zero-order valence-electron chi connectivity index (χ0n) is 25.1. The molecule has 0 aliphatic heterocycles.